The lowest BCUT2D eigenvalue weighted by atomic mass is 9.94. The maximum absolute atomic E-state index is 13.3. The van der Waals surface area contributed by atoms with Gasteiger partial charge in [-0.3, -0.25) is 0 Å². The van der Waals surface area contributed by atoms with E-state index in [0.717, 1.165) is 13.0 Å². The van der Waals surface area contributed by atoms with E-state index in [1.165, 1.54) is 12.8 Å². The summed E-state index contributed by atoms with van der Waals surface area (Å²) in [6.45, 7) is 4.89. The van der Waals surface area contributed by atoms with Crippen molar-refractivity contribution < 1.29 is 4.39 Å². The Labute approximate surface area is 68.4 Å². The van der Waals surface area contributed by atoms with Gasteiger partial charge in [0.2, 0.25) is 0 Å². The van der Waals surface area contributed by atoms with Gasteiger partial charge >= 0.3 is 0 Å². The molecule has 2 heteroatoms. The molecule has 1 N–H and O–H groups in total. The molecule has 0 aromatic rings. The number of hydrogen-bond acceptors (Lipinski definition) is 1. The topological polar surface area (TPSA) is 12.0 Å². The van der Waals surface area contributed by atoms with Gasteiger partial charge in [-0.1, -0.05) is 20.3 Å². The van der Waals surface area contributed by atoms with Crippen LogP contribution in [0.5, 0.6) is 0 Å². The molecule has 1 saturated heterocycles. The number of alkyl halides is 1. The predicted molar refractivity (Wildman–Crippen MR) is 45.4 cm³/mol. The molecule has 66 valence electrons. The van der Waals surface area contributed by atoms with E-state index >= 15 is 0 Å². The SMILES string of the molecule is CC(C)[C@H](F)[C@@H]1CCCCN1. The lowest BCUT2D eigenvalue weighted by Crippen LogP contribution is -2.43. The van der Waals surface area contributed by atoms with Gasteiger partial charge in [-0.2, -0.15) is 0 Å². The van der Waals surface area contributed by atoms with Crippen molar-refractivity contribution in [1.29, 1.82) is 0 Å². The maximum atomic E-state index is 13.3. The van der Waals surface area contributed by atoms with Crippen molar-refractivity contribution in [1.82, 2.24) is 5.32 Å². The van der Waals surface area contributed by atoms with Crippen LogP contribution in [0.1, 0.15) is 33.1 Å². The van der Waals surface area contributed by atoms with E-state index < -0.39 is 6.17 Å². The smallest absolute Gasteiger partial charge is 0.118 e. The second-order valence-corrected chi connectivity index (χ2v) is 3.74. The first-order chi connectivity index (χ1) is 5.22. The minimum atomic E-state index is -0.657. The van der Waals surface area contributed by atoms with Crippen LogP contribution in [0.2, 0.25) is 0 Å². The third-order valence-corrected chi connectivity index (χ3v) is 2.37. The lowest BCUT2D eigenvalue weighted by molar-refractivity contribution is 0.168. The highest BCUT2D eigenvalue weighted by Gasteiger charge is 2.24. The zero-order valence-corrected chi connectivity index (χ0v) is 7.44. The molecule has 1 fully saturated rings. The highest BCUT2D eigenvalue weighted by Crippen LogP contribution is 2.18. The second kappa shape index (κ2) is 4.05. The van der Waals surface area contributed by atoms with E-state index in [1.807, 2.05) is 13.8 Å². The van der Waals surface area contributed by atoms with E-state index in [9.17, 15) is 4.39 Å². The van der Waals surface area contributed by atoms with Gasteiger partial charge in [0.15, 0.2) is 0 Å². The molecule has 1 aliphatic heterocycles. The minimum absolute atomic E-state index is 0.128. The molecular formula is C9H18FN. The number of nitrogens with one attached hydrogen (secondary N) is 1. The fourth-order valence-electron chi connectivity index (χ4n) is 1.62. The molecule has 0 bridgehead atoms. The van der Waals surface area contributed by atoms with Crippen molar-refractivity contribution in [3.05, 3.63) is 0 Å². The summed E-state index contributed by atoms with van der Waals surface area (Å²) in [4.78, 5) is 0. The van der Waals surface area contributed by atoms with Crippen molar-refractivity contribution in [3.63, 3.8) is 0 Å². The molecule has 1 heterocycles. The first kappa shape index (κ1) is 8.98. The quantitative estimate of drug-likeness (QED) is 0.650. The maximum Gasteiger partial charge on any atom is 0.118 e. The fraction of sp³-hybridized carbons (Fsp3) is 1.00. The van der Waals surface area contributed by atoms with E-state index in [2.05, 4.69) is 5.32 Å². The molecule has 0 unspecified atom stereocenters. The third kappa shape index (κ3) is 2.44. The van der Waals surface area contributed by atoms with E-state index in [0.29, 0.717) is 0 Å². The highest BCUT2D eigenvalue weighted by atomic mass is 19.1. The van der Waals surface area contributed by atoms with Gasteiger partial charge < -0.3 is 5.32 Å². The van der Waals surface area contributed by atoms with E-state index in [-0.39, 0.29) is 12.0 Å². The summed E-state index contributed by atoms with van der Waals surface area (Å²) in [7, 11) is 0. The van der Waals surface area contributed by atoms with E-state index in [4.69, 9.17) is 0 Å². The summed E-state index contributed by atoms with van der Waals surface area (Å²) in [5.41, 5.74) is 0. The molecule has 1 rings (SSSR count). The average Bonchev–Trinajstić information content (AvgIpc) is 2.05. The molecule has 0 aliphatic carbocycles. The van der Waals surface area contributed by atoms with Crippen LogP contribution >= 0.6 is 0 Å². The fourth-order valence-corrected chi connectivity index (χ4v) is 1.62. The summed E-state index contributed by atoms with van der Waals surface area (Å²) >= 11 is 0. The van der Waals surface area contributed by atoms with Crippen LogP contribution in [-0.2, 0) is 0 Å². The minimum Gasteiger partial charge on any atom is -0.311 e. The molecule has 0 aromatic carbocycles. The summed E-state index contributed by atoms with van der Waals surface area (Å²) in [5, 5.41) is 3.23. The average molecular weight is 159 g/mol. The standard InChI is InChI=1S/C9H18FN/c1-7(2)9(10)8-5-3-4-6-11-8/h7-9,11H,3-6H2,1-2H3/t8-,9-/m0/s1. The largest absolute Gasteiger partial charge is 0.311 e. The molecule has 0 amide bonds. The molecule has 0 aromatic heterocycles. The monoisotopic (exact) mass is 159 g/mol. The Morgan fingerprint density at radius 1 is 1.36 bits per heavy atom. The van der Waals surface area contributed by atoms with Crippen molar-refractivity contribution in [2.24, 2.45) is 5.92 Å². The predicted octanol–water partition coefficient (Wildman–Crippen LogP) is 2.12. The van der Waals surface area contributed by atoms with Gasteiger partial charge in [0.05, 0.1) is 0 Å². The summed E-state index contributed by atoms with van der Waals surface area (Å²) in [6, 6.07) is 0.128. The first-order valence-electron chi connectivity index (χ1n) is 4.59. The van der Waals surface area contributed by atoms with Gasteiger partial charge in [0.1, 0.15) is 6.17 Å². The molecule has 0 radical (unpaired) electrons. The zero-order valence-electron chi connectivity index (χ0n) is 7.44. The highest BCUT2D eigenvalue weighted by molar-refractivity contribution is 4.81. The zero-order chi connectivity index (χ0) is 8.27. The Bertz CT molecular complexity index is 108. The van der Waals surface area contributed by atoms with Gasteiger partial charge in [-0.05, 0) is 25.3 Å². The van der Waals surface area contributed by atoms with Crippen LogP contribution in [0.4, 0.5) is 4.39 Å². The molecular weight excluding hydrogens is 141 g/mol. The summed E-state index contributed by atoms with van der Waals surface area (Å²) < 4.78 is 13.3. The van der Waals surface area contributed by atoms with Crippen LogP contribution < -0.4 is 5.32 Å². The molecule has 1 aliphatic rings. The van der Waals surface area contributed by atoms with E-state index in [1.54, 1.807) is 0 Å². The molecule has 1 nitrogen and oxygen atoms in total. The number of piperidine rings is 1. The molecule has 0 spiro atoms. The van der Waals surface area contributed by atoms with Gasteiger partial charge in [0.25, 0.3) is 0 Å². The Morgan fingerprint density at radius 3 is 2.55 bits per heavy atom. The van der Waals surface area contributed by atoms with Gasteiger partial charge in [-0.25, -0.2) is 4.39 Å². The van der Waals surface area contributed by atoms with Crippen LogP contribution in [0.3, 0.4) is 0 Å². The van der Waals surface area contributed by atoms with Crippen molar-refractivity contribution in [3.8, 4) is 0 Å². The molecule has 0 saturated carbocycles. The Kier molecular flexibility index (Phi) is 3.31. The number of halogens is 1. The lowest BCUT2D eigenvalue weighted by Gasteiger charge is -2.28. The van der Waals surface area contributed by atoms with Gasteiger partial charge in [-0.15, -0.1) is 0 Å². The second-order valence-electron chi connectivity index (χ2n) is 3.74. The normalized spacial score (nSPS) is 28.9. The Balaban J connectivity index is 2.32. The number of rotatable bonds is 2. The Hall–Kier alpha value is -0.110. The molecule has 2 atom stereocenters. The van der Waals surface area contributed by atoms with Crippen molar-refractivity contribution >= 4 is 0 Å². The van der Waals surface area contributed by atoms with Gasteiger partial charge in [0, 0.05) is 6.04 Å². The van der Waals surface area contributed by atoms with Crippen molar-refractivity contribution in [2.75, 3.05) is 6.54 Å². The summed E-state index contributed by atoms with van der Waals surface area (Å²) in [5.74, 6) is 0.158. The molecule has 11 heavy (non-hydrogen) atoms. The van der Waals surface area contributed by atoms with Crippen LogP contribution in [-0.4, -0.2) is 18.8 Å². The Morgan fingerprint density at radius 2 is 2.09 bits per heavy atom. The van der Waals surface area contributed by atoms with Crippen molar-refractivity contribution in [2.45, 2.75) is 45.3 Å². The first-order valence-corrected chi connectivity index (χ1v) is 4.59. The third-order valence-electron chi connectivity index (χ3n) is 2.37. The number of hydrogen-bond donors (Lipinski definition) is 1. The van der Waals surface area contributed by atoms with Crippen LogP contribution in [0, 0.1) is 5.92 Å². The van der Waals surface area contributed by atoms with Crippen LogP contribution in [0.25, 0.3) is 0 Å². The summed E-state index contributed by atoms with van der Waals surface area (Å²) in [6.07, 6.45) is 2.75. The van der Waals surface area contributed by atoms with Crippen LogP contribution in [0.15, 0.2) is 0 Å².